The van der Waals surface area contributed by atoms with Crippen molar-refractivity contribution in [3.63, 3.8) is 0 Å². The zero-order valence-corrected chi connectivity index (χ0v) is 17.1. The Hall–Kier alpha value is -2.12. The first-order valence-corrected chi connectivity index (χ1v) is 9.42. The molecule has 0 aliphatic rings. The molecule has 7 heteroatoms. The van der Waals surface area contributed by atoms with E-state index in [2.05, 4.69) is 33.5 Å². The van der Waals surface area contributed by atoms with Gasteiger partial charge in [-0.05, 0) is 77.0 Å². The van der Waals surface area contributed by atoms with Gasteiger partial charge < -0.3 is 14.8 Å². The van der Waals surface area contributed by atoms with E-state index in [1.807, 2.05) is 12.1 Å². The lowest BCUT2D eigenvalue weighted by Gasteiger charge is -2.12. The van der Waals surface area contributed by atoms with Gasteiger partial charge in [0, 0.05) is 11.3 Å². The topological polar surface area (TPSA) is 59.6 Å². The molecule has 2 aromatic carbocycles. The van der Waals surface area contributed by atoms with Gasteiger partial charge >= 0.3 is 0 Å². The minimum Gasteiger partial charge on any atom is -0.497 e. The van der Waals surface area contributed by atoms with Gasteiger partial charge in [0.25, 0.3) is 5.91 Å². The van der Waals surface area contributed by atoms with Gasteiger partial charge in [-0.15, -0.1) is 0 Å². The molecular weight excluding hydrogens is 416 g/mol. The maximum atomic E-state index is 12.3. The summed E-state index contributed by atoms with van der Waals surface area (Å²) in [5.41, 5.74) is 1.25. The smallest absolute Gasteiger partial charge is 0.257 e. The second-order valence-corrected chi connectivity index (χ2v) is 6.75. The van der Waals surface area contributed by atoms with Crippen molar-refractivity contribution in [1.82, 2.24) is 5.32 Å². The van der Waals surface area contributed by atoms with Gasteiger partial charge in [-0.1, -0.05) is 13.3 Å². The first-order valence-electron chi connectivity index (χ1n) is 8.22. The van der Waals surface area contributed by atoms with E-state index in [9.17, 15) is 4.79 Å². The summed E-state index contributed by atoms with van der Waals surface area (Å²) in [6, 6.07) is 12.4. The summed E-state index contributed by atoms with van der Waals surface area (Å²) in [4.78, 5) is 12.3. The molecular formula is C19H21BrN2O3S. The molecule has 5 nitrogen and oxygen atoms in total. The normalized spacial score (nSPS) is 10.1. The maximum absolute atomic E-state index is 12.3. The second-order valence-electron chi connectivity index (χ2n) is 5.48. The fraction of sp³-hybridized carbons (Fsp3) is 0.263. The zero-order valence-electron chi connectivity index (χ0n) is 14.7. The van der Waals surface area contributed by atoms with E-state index in [0.717, 1.165) is 28.8 Å². The Kier molecular flexibility index (Phi) is 7.87. The Balaban J connectivity index is 1.93. The number of hydrogen-bond donors (Lipinski definition) is 2. The Morgan fingerprint density at radius 3 is 2.54 bits per heavy atom. The fourth-order valence-electron chi connectivity index (χ4n) is 2.10. The van der Waals surface area contributed by atoms with Crippen molar-refractivity contribution in [1.29, 1.82) is 0 Å². The molecule has 2 rings (SSSR count). The van der Waals surface area contributed by atoms with Gasteiger partial charge in [-0.25, -0.2) is 0 Å². The first-order chi connectivity index (χ1) is 12.5. The van der Waals surface area contributed by atoms with Crippen LogP contribution in [0.1, 0.15) is 30.1 Å². The third-order valence-electron chi connectivity index (χ3n) is 3.52. The molecule has 2 N–H and O–H groups in total. The molecule has 138 valence electrons. The number of carbonyl (C=O) groups excluding carboxylic acids is 1. The predicted octanol–water partition coefficient (Wildman–Crippen LogP) is 4.76. The third-order valence-corrected chi connectivity index (χ3v) is 4.35. The number of hydrogen-bond acceptors (Lipinski definition) is 4. The molecule has 0 heterocycles. The first kappa shape index (κ1) is 20.2. The molecule has 2 aromatic rings. The molecule has 0 aliphatic carbocycles. The minimum atomic E-state index is -0.295. The number of nitrogens with one attached hydrogen (secondary N) is 2. The van der Waals surface area contributed by atoms with Gasteiger partial charge in [0.2, 0.25) is 0 Å². The number of rotatable bonds is 7. The van der Waals surface area contributed by atoms with Crippen molar-refractivity contribution < 1.29 is 14.3 Å². The van der Waals surface area contributed by atoms with E-state index in [0.29, 0.717) is 17.9 Å². The standard InChI is InChI=1S/C19H21BrN2O3S/c1-3-4-11-25-17-10-5-13(12-16(17)20)18(23)22-19(26)21-14-6-8-15(24-2)9-7-14/h5-10,12H,3-4,11H2,1-2H3,(H2,21,22,23,26). The van der Waals surface area contributed by atoms with E-state index in [1.165, 1.54) is 0 Å². The summed E-state index contributed by atoms with van der Waals surface area (Å²) in [6.45, 7) is 2.76. The summed E-state index contributed by atoms with van der Waals surface area (Å²) in [7, 11) is 1.60. The second kappa shape index (κ2) is 10.1. The van der Waals surface area contributed by atoms with Crippen molar-refractivity contribution in [3.8, 4) is 11.5 Å². The highest BCUT2D eigenvalue weighted by atomic mass is 79.9. The van der Waals surface area contributed by atoms with Crippen LogP contribution in [-0.2, 0) is 0 Å². The molecule has 0 saturated heterocycles. The molecule has 0 spiro atoms. The molecule has 0 atom stereocenters. The highest BCUT2D eigenvalue weighted by molar-refractivity contribution is 9.10. The van der Waals surface area contributed by atoms with Crippen LogP contribution in [0, 0.1) is 0 Å². The monoisotopic (exact) mass is 436 g/mol. The number of unbranched alkanes of at least 4 members (excludes halogenated alkanes) is 1. The number of methoxy groups -OCH3 is 1. The Labute approximate surface area is 167 Å². The zero-order chi connectivity index (χ0) is 18.9. The van der Waals surface area contributed by atoms with Crippen molar-refractivity contribution >= 4 is 44.9 Å². The number of benzene rings is 2. The van der Waals surface area contributed by atoms with Crippen LogP contribution in [0.3, 0.4) is 0 Å². The SMILES string of the molecule is CCCCOc1ccc(C(=O)NC(=S)Nc2ccc(OC)cc2)cc1Br. The fourth-order valence-corrected chi connectivity index (χ4v) is 2.80. The number of ether oxygens (including phenoxy) is 2. The van der Waals surface area contributed by atoms with Crippen molar-refractivity contribution in [2.75, 3.05) is 19.0 Å². The van der Waals surface area contributed by atoms with Crippen LogP contribution >= 0.6 is 28.1 Å². The van der Waals surface area contributed by atoms with E-state index >= 15 is 0 Å². The quantitative estimate of drug-likeness (QED) is 0.483. The average Bonchev–Trinajstić information content (AvgIpc) is 2.63. The third kappa shape index (κ3) is 6.00. The summed E-state index contributed by atoms with van der Waals surface area (Å²) in [6.07, 6.45) is 2.05. The molecule has 0 bridgehead atoms. The summed E-state index contributed by atoms with van der Waals surface area (Å²) in [5, 5.41) is 5.84. The molecule has 0 radical (unpaired) electrons. The summed E-state index contributed by atoms with van der Waals surface area (Å²) >= 11 is 8.63. The summed E-state index contributed by atoms with van der Waals surface area (Å²) in [5.74, 6) is 1.17. The summed E-state index contributed by atoms with van der Waals surface area (Å²) < 4.78 is 11.5. The number of anilines is 1. The van der Waals surface area contributed by atoms with E-state index in [4.69, 9.17) is 21.7 Å². The minimum absolute atomic E-state index is 0.222. The van der Waals surface area contributed by atoms with E-state index in [1.54, 1.807) is 37.4 Å². The van der Waals surface area contributed by atoms with Crippen LogP contribution in [0.5, 0.6) is 11.5 Å². The molecule has 1 amide bonds. The van der Waals surface area contributed by atoms with Crippen molar-refractivity contribution in [3.05, 3.63) is 52.5 Å². The van der Waals surface area contributed by atoms with Crippen LogP contribution in [0.2, 0.25) is 0 Å². The molecule has 0 unspecified atom stereocenters. The number of halogens is 1. The highest BCUT2D eigenvalue weighted by Gasteiger charge is 2.11. The van der Waals surface area contributed by atoms with Gasteiger partial charge in [0.05, 0.1) is 18.2 Å². The Bertz CT molecular complexity index is 766. The lowest BCUT2D eigenvalue weighted by Crippen LogP contribution is -2.34. The predicted molar refractivity (Wildman–Crippen MR) is 111 cm³/mol. The van der Waals surface area contributed by atoms with Crippen LogP contribution in [0.4, 0.5) is 5.69 Å². The van der Waals surface area contributed by atoms with E-state index < -0.39 is 0 Å². The van der Waals surface area contributed by atoms with Gasteiger partial charge in [-0.3, -0.25) is 10.1 Å². The number of amides is 1. The number of carbonyl (C=O) groups is 1. The molecule has 0 saturated carbocycles. The van der Waals surface area contributed by atoms with Crippen LogP contribution < -0.4 is 20.1 Å². The number of thiocarbonyl (C=S) groups is 1. The van der Waals surface area contributed by atoms with E-state index in [-0.39, 0.29) is 11.0 Å². The van der Waals surface area contributed by atoms with Crippen LogP contribution in [-0.4, -0.2) is 24.7 Å². The van der Waals surface area contributed by atoms with Gasteiger partial charge in [-0.2, -0.15) is 0 Å². The largest absolute Gasteiger partial charge is 0.497 e. The highest BCUT2D eigenvalue weighted by Crippen LogP contribution is 2.26. The van der Waals surface area contributed by atoms with Crippen LogP contribution in [0.25, 0.3) is 0 Å². The lowest BCUT2D eigenvalue weighted by atomic mass is 10.2. The molecule has 0 aromatic heterocycles. The maximum Gasteiger partial charge on any atom is 0.257 e. The van der Waals surface area contributed by atoms with Crippen molar-refractivity contribution in [2.24, 2.45) is 0 Å². The molecule has 0 aliphatic heterocycles. The molecule has 26 heavy (non-hydrogen) atoms. The van der Waals surface area contributed by atoms with Gasteiger partial charge in [0.15, 0.2) is 5.11 Å². The Morgan fingerprint density at radius 2 is 1.92 bits per heavy atom. The van der Waals surface area contributed by atoms with Crippen LogP contribution in [0.15, 0.2) is 46.9 Å². The Morgan fingerprint density at radius 1 is 1.19 bits per heavy atom. The average molecular weight is 437 g/mol. The van der Waals surface area contributed by atoms with Gasteiger partial charge in [0.1, 0.15) is 11.5 Å². The molecule has 0 fully saturated rings. The lowest BCUT2D eigenvalue weighted by molar-refractivity contribution is 0.0977. The van der Waals surface area contributed by atoms with Crippen molar-refractivity contribution in [2.45, 2.75) is 19.8 Å².